The first-order valence-electron chi connectivity index (χ1n) is 6.19. The molecule has 94 valence electrons. The van der Waals surface area contributed by atoms with Gasteiger partial charge in [0.25, 0.3) is 0 Å². The van der Waals surface area contributed by atoms with Crippen molar-refractivity contribution in [2.75, 3.05) is 20.6 Å². The quantitative estimate of drug-likeness (QED) is 0.801. The summed E-state index contributed by atoms with van der Waals surface area (Å²) in [5.74, 6) is 1.80. The molecule has 0 aliphatic heterocycles. The van der Waals surface area contributed by atoms with Gasteiger partial charge in [0, 0.05) is 6.54 Å². The maximum atomic E-state index is 5.77. The standard InChI is InChI=1S/C16H19NO/c1-17(2)13-12-14-8-10-16(11-9-14)18-15-6-4-3-5-7-15/h3-8,10-12H,9,13H2,1-2H3. The summed E-state index contributed by atoms with van der Waals surface area (Å²) in [6, 6.07) is 9.87. The lowest BCUT2D eigenvalue weighted by Gasteiger charge is -2.12. The summed E-state index contributed by atoms with van der Waals surface area (Å²) in [5, 5.41) is 0. The van der Waals surface area contributed by atoms with E-state index in [1.165, 1.54) is 5.57 Å². The van der Waals surface area contributed by atoms with Crippen LogP contribution in [0, 0.1) is 0 Å². The molecule has 1 aliphatic rings. The second kappa shape index (κ2) is 6.22. The van der Waals surface area contributed by atoms with Gasteiger partial charge in [-0.1, -0.05) is 30.4 Å². The second-order valence-corrected chi connectivity index (χ2v) is 4.60. The SMILES string of the molecule is CN(C)CC=C1C=CC(Oc2ccccc2)=CC1. The van der Waals surface area contributed by atoms with Crippen LogP contribution in [0.2, 0.25) is 0 Å². The summed E-state index contributed by atoms with van der Waals surface area (Å²) in [5.41, 5.74) is 1.34. The molecule has 0 N–H and O–H groups in total. The van der Waals surface area contributed by atoms with Gasteiger partial charge in [-0.05, 0) is 50.4 Å². The Morgan fingerprint density at radius 2 is 1.94 bits per heavy atom. The number of ether oxygens (including phenoxy) is 1. The molecule has 0 aromatic heterocycles. The van der Waals surface area contributed by atoms with Gasteiger partial charge in [-0.3, -0.25) is 0 Å². The van der Waals surface area contributed by atoms with Crippen molar-refractivity contribution in [1.29, 1.82) is 0 Å². The van der Waals surface area contributed by atoms with E-state index in [0.29, 0.717) is 0 Å². The third kappa shape index (κ3) is 3.90. The molecule has 2 nitrogen and oxygen atoms in total. The van der Waals surface area contributed by atoms with E-state index in [9.17, 15) is 0 Å². The molecule has 0 saturated heterocycles. The molecule has 0 fully saturated rings. The summed E-state index contributed by atoms with van der Waals surface area (Å²) in [6.07, 6.45) is 9.45. The lowest BCUT2D eigenvalue weighted by Crippen LogP contribution is -2.11. The van der Waals surface area contributed by atoms with Gasteiger partial charge in [-0.2, -0.15) is 0 Å². The van der Waals surface area contributed by atoms with Crippen molar-refractivity contribution >= 4 is 0 Å². The normalized spacial score (nSPS) is 17.1. The number of para-hydroxylation sites is 1. The van der Waals surface area contributed by atoms with E-state index in [1.807, 2.05) is 36.4 Å². The van der Waals surface area contributed by atoms with Crippen LogP contribution >= 0.6 is 0 Å². The highest BCUT2D eigenvalue weighted by Gasteiger charge is 2.03. The third-order valence-corrected chi connectivity index (χ3v) is 2.70. The van der Waals surface area contributed by atoms with Crippen LogP contribution in [0.4, 0.5) is 0 Å². The molecular weight excluding hydrogens is 222 g/mol. The summed E-state index contributed by atoms with van der Waals surface area (Å²) in [7, 11) is 4.15. The number of rotatable bonds is 4. The highest BCUT2D eigenvalue weighted by Crippen LogP contribution is 2.19. The van der Waals surface area contributed by atoms with E-state index < -0.39 is 0 Å². The van der Waals surface area contributed by atoms with Gasteiger partial charge < -0.3 is 9.64 Å². The molecule has 1 aromatic carbocycles. The van der Waals surface area contributed by atoms with Gasteiger partial charge in [0.2, 0.25) is 0 Å². The molecule has 0 unspecified atom stereocenters. The predicted octanol–water partition coefficient (Wildman–Crippen LogP) is 3.40. The average molecular weight is 241 g/mol. The Kier molecular flexibility index (Phi) is 4.37. The Balaban J connectivity index is 1.92. The second-order valence-electron chi connectivity index (χ2n) is 4.60. The molecule has 2 rings (SSSR count). The molecule has 0 atom stereocenters. The number of likely N-dealkylation sites (N-methyl/N-ethyl adjacent to an activating group) is 1. The Morgan fingerprint density at radius 3 is 2.56 bits per heavy atom. The van der Waals surface area contributed by atoms with E-state index in [1.54, 1.807) is 0 Å². The van der Waals surface area contributed by atoms with Crippen molar-refractivity contribution in [2.45, 2.75) is 6.42 Å². The maximum absolute atomic E-state index is 5.77. The zero-order valence-electron chi connectivity index (χ0n) is 11.0. The Morgan fingerprint density at radius 1 is 1.17 bits per heavy atom. The Bertz CT molecular complexity index is 469. The van der Waals surface area contributed by atoms with E-state index in [2.05, 4.69) is 37.2 Å². The number of benzene rings is 1. The Labute approximate surface area is 109 Å². The fourth-order valence-corrected chi connectivity index (χ4v) is 1.70. The molecular formula is C16H19NO. The fraction of sp³-hybridized carbons (Fsp3) is 0.250. The van der Waals surface area contributed by atoms with Gasteiger partial charge in [-0.25, -0.2) is 0 Å². The Hall–Kier alpha value is -1.80. The smallest absolute Gasteiger partial charge is 0.127 e. The highest BCUT2D eigenvalue weighted by atomic mass is 16.5. The maximum Gasteiger partial charge on any atom is 0.127 e. The molecule has 0 amide bonds. The van der Waals surface area contributed by atoms with Gasteiger partial charge in [-0.15, -0.1) is 0 Å². The summed E-state index contributed by atoms with van der Waals surface area (Å²) < 4.78 is 5.77. The molecule has 18 heavy (non-hydrogen) atoms. The largest absolute Gasteiger partial charge is 0.458 e. The van der Waals surface area contributed by atoms with Crippen molar-refractivity contribution in [1.82, 2.24) is 4.90 Å². The van der Waals surface area contributed by atoms with Crippen LogP contribution < -0.4 is 4.74 Å². The molecule has 1 aliphatic carbocycles. The number of allylic oxidation sites excluding steroid dienone is 4. The van der Waals surface area contributed by atoms with E-state index in [0.717, 1.165) is 24.5 Å². The summed E-state index contributed by atoms with van der Waals surface area (Å²) >= 11 is 0. The van der Waals surface area contributed by atoms with Crippen LogP contribution in [0.15, 0.2) is 66.0 Å². The number of hydrogen-bond donors (Lipinski definition) is 0. The van der Waals surface area contributed by atoms with Gasteiger partial charge in [0.05, 0.1) is 0 Å². The zero-order chi connectivity index (χ0) is 12.8. The minimum atomic E-state index is 0.883. The number of nitrogens with zero attached hydrogens (tertiary/aromatic N) is 1. The van der Waals surface area contributed by atoms with Crippen molar-refractivity contribution in [3.05, 3.63) is 66.0 Å². The first-order valence-corrected chi connectivity index (χ1v) is 6.19. The first-order chi connectivity index (χ1) is 8.74. The van der Waals surface area contributed by atoms with E-state index in [-0.39, 0.29) is 0 Å². The van der Waals surface area contributed by atoms with Gasteiger partial charge in [0.15, 0.2) is 0 Å². The van der Waals surface area contributed by atoms with Crippen LogP contribution in [0.25, 0.3) is 0 Å². The van der Waals surface area contributed by atoms with Crippen molar-refractivity contribution < 1.29 is 4.74 Å². The minimum Gasteiger partial charge on any atom is -0.458 e. The van der Waals surface area contributed by atoms with Crippen molar-refractivity contribution in [3.8, 4) is 5.75 Å². The van der Waals surface area contributed by atoms with Crippen LogP contribution in [0.1, 0.15) is 6.42 Å². The lowest BCUT2D eigenvalue weighted by molar-refractivity contribution is 0.440. The highest BCUT2D eigenvalue weighted by molar-refractivity contribution is 5.35. The van der Waals surface area contributed by atoms with Crippen molar-refractivity contribution in [2.24, 2.45) is 0 Å². The fourth-order valence-electron chi connectivity index (χ4n) is 1.70. The third-order valence-electron chi connectivity index (χ3n) is 2.70. The predicted molar refractivity (Wildman–Crippen MR) is 75.5 cm³/mol. The van der Waals surface area contributed by atoms with Gasteiger partial charge >= 0.3 is 0 Å². The number of hydrogen-bond acceptors (Lipinski definition) is 2. The van der Waals surface area contributed by atoms with Crippen LogP contribution in [-0.2, 0) is 0 Å². The summed E-state index contributed by atoms with van der Waals surface area (Å²) in [4.78, 5) is 2.15. The van der Waals surface area contributed by atoms with Crippen LogP contribution in [0.3, 0.4) is 0 Å². The van der Waals surface area contributed by atoms with Gasteiger partial charge in [0.1, 0.15) is 11.5 Å². The molecule has 0 heterocycles. The molecule has 0 spiro atoms. The average Bonchev–Trinajstić information content (AvgIpc) is 2.39. The molecule has 0 saturated carbocycles. The van der Waals surface area contributed by atoms with Crippen molar-refractivity contribution in [3.63, 3.8) is 0 Å². The topological polar surface area (TPSA) is 12.5 Å². The van der Waals surface area contributed by atoms with Crippen LogP contribution in [0.5, 0.6) is 5.75 Å². The molecule has 1 aromatic rings. The minimum absolute atomic E-state index is 0.883. The van der Waals surface area contributed by atoms with E-state index >= 15 is 0 Å². The molecule has 0 radical (unpaired) electrons. The lowest BCUT2D eigenvalue weighted by atomic mass is 10.1. The monoisotopic (exact) mass is 241 g/mol. The zero-order valence-corrected chi connectivity index (χ0v) is 11.0. The first kappa shape index (κ1) is 12.7. The molecule has 0 bridgehead atoms. The van der Waals surface area contributed by atoms with Crippen LogP contribution in [-0.4, -0.2) is 25.5 Å². The molecule has 2 heteroatoms. The van der Waals surface area contributed by atoms with E-state index in [4.69, 9.17) is 4.74 Å². The summed E-state index contributed by atoms with van der Waals surface area (Å²) in [6.45, 7) is 0.975.